The molecule has 162 valence electrons. The monoisotopic (exact) mass is 444 g/mol. The molecule has 0 saturated heterocycles. The highest BCUT2D eigenvalue weighted by atomic mass is 32.1. The maximum Gasteiger partial charge on any atom is 0.244 e. The van der Waals surface area contributed by atoms with E-state index in [1.807, 2.05) is 84.0 Å². The summed E-state index contributed by atoms with van der Waals surface area (Å²) in [6.45, 7) is 2.90. The summed E-state index contributed by atoms with van der Waals surface area (Å²) in [5, 5.41) is 10.3. The fourth-order valence-corrected chi connectivity index (χ4v) is 3.74. The molecule has 0 aliphatic rings. The summed E-state index contributed by atoms with van der Waals surface area (Å²) in [5.41, 5.74) is 3.82. The number of benzene rings is 2. The fraction of sp³-hybridized carbons (Fsp3) is 0.160. The van der Waals surface area contributed by atoms with Crippen molar-refractivity contribution in [3.63, 3.8) is 0 Å². The van der Waals surface area contributed by atoms with Crippen molar-refractivity contribution in [3.8, 4) is 11.4 Å². The number of aromatic nitrogens is 3. The van der Waals surface area contributed by atoms with Gasteiger partial charge in [-0.2, -0.15) is 5.10 Å². The summed E-state index contributed by atoms with van der Waals surface area (Å²) in [6, 6.07) is 17.6. The third-order valence-corrected chi connectivity index (χ3v) is 5.57. The van der Waals surface area contributed by atoms with Crippen molar-refractivity contribution in [2.24, 2.45) is 0 Å². The normalized spacial score (nSPS) is 11.0. The van der Waals surface area contributed by atoms with Crippen LogP contribution in [0, 0.1) is 6.92 Å². The maximum absolute atomic E-state index is 12.3. The predicted molar refractivity (Wildman–Crippen MR) is 127 cm³/mol. The van der Waals surface area contributed by atoms with Crippen molar-refractivity contribution in [3.05, 3.63) is 100 Å². The lowest BCUT2D eigenvalue weighted by atomic mass is 10.2. The molecule has 0 fully saturated rings. The standard InChI is InChI=1S/C25H24N4O2S/c1-19-28-22(18-32-19)17-31-24-10-6-5-7-21(24)11-12-25(30)26-14-13-20-15-27-29(16-20)23-8-3-2-4-9-23/h2-12,15-16,18H,13-14,17H2,1H3,(H,26,30)/b12-11+. The van der Waals surface area contributed by atoms with Gasteiger partial charge in [-0.3, -0.25) is 4.79 Å². The number of hydrogen-bond donors (Lipinski definition) is 1. The number of thiazole rings is 1. The van der Waals surface area contributed by atoms with Crippen LogP contribution < -0.4 is 10.1 Å². The van der Waals surface area contributed by atoms with Crippen LogP contribution in [0.4, 0.5) is 0 Å². The van der Waals surface area contributed by atoms with Crippen molar-refractivity contribution in [2.45, 2.75) is 20.0 Å². The molecule has 6 nitrogen and oxygen atoms in total. The number of carbonyl (C=O) groups excluding carboxylic acids is 1. The zero-order valence-corrected chi connectivity index (χ0v) is 18.6. The van der Waals surface area contributed by atoms with Gasteiger partial charge in [0.2, 0.25) is 5.91 Å². The van der Waals surface area contributed by atoms with Crippen LogP contribution in [0.1, 0.15) is 21.8 Å². The zero-order valence-electron chi connectivity index (χ0n) is 17.8. The van der Waals surface area contributed by atoms with Crippen molar-refractivity contribution >= 4 is 23.3 Å². The summed E-state index contributed by atoms with van der Waals surface area (Å²) < 4.78 is 7.73. The van der Waals surface area contributed by atoms with E-state index in [9.17, 15) is 4.79 Å². The fourth-order valence-electron chi connectivity index (χ4n) is 3.14. The minimum absolute atomic E-state index is 0.148. The maximum atomic E-state index is 12.3. The van der Waals surface area contributed by atoms with Gasteiger partial charge < -0.3 is 10.1 Å². The molecule has 0 atom stereocenters. The predicted octanol–water partition coefficient (Wildman–Crippen LogP) is 4.59. The van der Waals surface area contributed by atoms with Gasteiger partial charge in [0, 0.05) is 29.8 Å². The second-order valence-electron chi connectivity index (χ2n) is 7.19. The van der Waals surface area contributed by atoms with Gasteiger partial charge in [0.15, 0.2) is 0 Å². The molecule has 0 bridgehead atoms. The van der Waals surface area contributed by atoms with Crippen LogP contribution in [0.5, 0.6) is 5.75 Å². The smallest absolute Gasteiger partial charge is 0.244 e. The molecule has 2 heterocycles. The van der Waals surface area contributed by atoms with Crippen LogP contribution >= 0.6 is 11.3 Å². The summed E-state index contributed by atoms with van der Waals surface area (Å²) in [7, 11) is 0. The molecule has 0 saturated carbocycles. The van der Waals surface area contributed by atoms with Crippen LogP contribution in [-0.2, 0) is 17.8 Å². The molecule has 4 aromatic rings. The largest absolute Gasteiger partial charge is 0.487 e. The summed E-state index contributed by atoms with van der Waals surface area (Å²) >= 11 is 1.60. The van der Waals surface area contributed by atoms with E-state index in [2.05, 4.69) is 15.4 Å². The van der Waals surface area contributed by atoms with Crippen molar-refractivity contribution < 1.29 is 9.53 Å². The third-order valence-electron chi connectivity index (χ3n) is 4.75. The molecular formula is C25H24N4O2S. The highest BCUT2D eigenvalue weighted by molar-refractivity contribution is 7.09. The van der Waals surface area contributed by atoms with Gasteiger partial charge in [-0.1, -0.05) is 36.4 Å². The van der Waals surface area contributed by atoms with Crippen LogP contribution in [0.2, 0.25) is 0 Å². The van der Waals surface area contributed by atoms with Gasteiger partial charge in [0.05, 0.1) is 22.6 Å². The number of aryl methyl sites for hydroxylation is 1. The van der Waals surface area contributed by atoms with E-state index in [-0.39, 0.29) is 5.91 Å². The van der Waals surface area contributed by atoms with Gasteiger partial charge >= 0.3 is 0 Å². The lowest BCUT2D eigenvalue weighted by Crippen LogP contribution is -2.23. The van der Waals surface area contributed by atoms with Crippen LogP contribution in [0.3, 0.4) is 0 Å². The Hall–Kier alpha value is -3.71. The van der Waals surface area contributed by atoms with E-state index >= 15 is 0 Å². The van der Waals surface area contributed by atoms with Gasteiger partial charge in [-0.15, -0.1) is 11.3 Å². The minimum Gasteiger partial charge on any atom is -0.487 e. The number of carbonyl (C=O) groups is 1. The molecule has 1 N–H and O–H groups in total. The zero-order chi connectivity index (χ0) is 22.2. The lowest BCUT2D eigenvalue weighted by molar-refractivity contribution is -0.116. The van der Waals surface area contributed by atoms with E-state index in [1.165, 1.54) is 6.08 Å². The molecule has 4 rings (SSSR count). The SMILES string of the molecule is Cc1nc(COc2ccccc2/C=C/C(=O)NCCc2cnn(-c3ccccc3)c2)cs1. The van der Waals surface area contributed by atoms with Gasteiger partial charge in [-0.25, -0.2) is 9.67 Å². The molecule has 0 spiro atoms. The molecule has 0 unspecified atom stereocenters. The Morgan fingerprint density at radius 3 is 2.78 bits per heavy atom. The first-order chi connectivity index (χ1) is 15.7. The number of ether oxygens (including phenoxy) is 1. The Balaban J connectivity index is 1.27. The topological polar surface area (TPSA) is 69.0 Å². The first kappa shape index (κ1) is 21.5. The van der Waals surface area contributed by atoms with E-state index in [1.54, 1.807) is 17.4 Å². The van der Waals surface area contributed by atoms with Gasteiger partial charge in [0.25, 0.3) is 0 Å². The number of amides is 1. The summed E-state index contributed by atoms with van der Waals surface area (Å²) in [4.78, 5) is 16.7. The number of hydrogen-bond acceptors (Lipinski definition) is 5. The first-order valence-corrected chi connectivity index (χ1v) is 11.2. The minimum atomic E-state index is -0.148. The Bertz CT molecular complexity index is 1200. The highest BCUT2D eigenvalue weighted by Gasteiger charge is 2.05. The van der Waals surface area contributed by atoms with Gasteiger partial charge in [-0.05, 0) is 43.2 Å². The molecule has 0 aliphatic carbocycles. The Morgan fingerprint density at radius 1 is 1.16 bits per heavy atom. The average molecular weight is 445 g/mol. The number of nitrogens with one attached hydrogen (secondary N) is 1. The molecular weight excluding hydrogens is 420 g/mol. The number of rotatable bonds is 9. The summed E-state index contributed by atoms with van der Waals surface area (Å²) in [5.74, 6) is 0.570. The second kappa shape index (κ2) is 10.5. The Morgan fingerprint density at radius 2 is 1.97 bits per heavy atom. The quantitative estimate of drug-likeness (QED) is 0.384. The summed E-state index contributed by atoms with van der Waals surface area (Å²) in [6.07, 6.45) is 7.81. The van der Waals surface area contributed by atoms with Crippen LogP contribution in [-0.4, -0.2) is 27.2 Å². The van der Waals surface area contributed by atoms with E-state index in [0.717, 1.165) is 33.3 Å². The molecule has 32 heavy (non-hydrogen) atoms. The average Bonchev–Trinajstić information content (AvgIpc) is 3.46. The molecule has 0 aliphatic heterocycles. The van der Waals surface area contributed by atoms with Crippen LogP contribution in [0.25, 0.3) is 11.8 Å². The lowest BCUT2D eigenvalue weighted by Gasteiger charge is -2.07. The second-order valence-corrected chi connectivity index (χ2v) is 8.25. The van der Waals surface area contributed by atoms with E-state index in [0.29, 0.717) is 19.6 Å². The molecule has 2 aromatic carbocycles. The van der Waals surface area contributed by atoms with Crippen molar-refractivity contribution in [1.82, 2.24) is 20.1 Å². The number of nitrogens with zero attached hydrogens (tertiary/aromatic N) is 3. The molecule has 7 heteroatoms. The van der Waals surface area contributed by atoms with E-state index in [4.69, 9.17) is 4.74 Å². The highest BCUT2D eigenvalue weighted by Crippen LogP contribution is 2.21. The van der Waals surface area contributed by atoms with Crippen molar-refractivity contribution in [2.75, 3.05) is 6.54 Å². The van der Waals surface area contributed by atoms with Crippen LogP contribution in [0.15, 0.2) is 78.4 Å². The Labute approximate surface area is 191 Å². The number of para-hydroxylation sites is 2. The Kier molecular flexibility index (Phi) is 7.09. The first-order valence-electron chi connectivity index (χ1n) is 10.3. The molecule has 1 amide bonds. The van der Waals surface area contributed by atoms with Gasteiger partial charge in [0.1, 0.15) is 12.4 Å². The van der Waals surface area contributed by atoms with E-state index < -0.39 is 0 Å². The van der Waals surface area contributed by atoms with Crippen molar-refractivity contribution in [1.29, 1.82) is 0 Å². The molecule has 0 radical (unpaired) electrons. The molecule has 2 aromatic heterocycles. The third kappa shape index (κ3) is 5.92.